The minimum Gasteiger partial charge on any atom is -0.259 e. The molecular weight excluding hydrogens is 378 g/mol. The third-order valence-corrected chi connectivity index (χ3v) is 4.55. The van der Waals surface area contributed by atoms with Gasteiger partial charge in [-0.2, -0.15) is 13.2 Å². The first-order valence-corrected chi connectivity index (χ1v) is 8.74. The highest BCUT2D eigenvalue weighted by Crippen LogP contribution is 2.35. The van der Waals surface area contributed by atoms with Crippen molar-refractivity contribution in [2.24, 2.45) is 0 Å². The van der Waals surface area contributed by atoms with E-state index in [2.05, 4.69) is 4.98 Å². The highest BCUT2D eigenvalue weighted by molar-refractivity contribution is 6.30. The Morgan fingerprint density at radius 3 is 2.33 bits per heavy atom. The van der Waals surface area contributed by atoms with Gasteiger partial charge in [-0.25, -0.2) is 4.39 Å². The number of rotatable bonds is 5. The van der Waals surface area contributed by atoms with Gasteiger partial charge in [0.1, 0.15) is 5.82 Å². The van der Waals surface area contributed by atoms with E-state index < -0.39 is 23.5 Å². The summed E-state index contributed by atoms with van der Waals surface area (Å²) in [6.07, 6.45) is -2.07. The molecule has 0 aliphatic carbocycles. The van der Waals surface area contributed by atoms with Crippen LogP contribution in [0, 0.1) is 5.82 Å². The van der Waals surface area contributed by atoms with Gasteiger partial charge in [0.05, 0.1) is 10.6 Å². The first-order valence-electron chi connectivity index (χ1n) is 8.36. The van der Waals surface area contributed by atoms with Crippen molar-refractivity contribution in [2.75, 3.05) is 0 Å². The molecule has 3 rings (SSSR count). The monoisotopic (exact) mass is 393 g/mol. The van der Waals surface area contributed by atoms with E-state index in [1.807, 2.05) is 30.3 Å². The number of aromatic nitrogens is 1. The molecule has 0 aliphatic heterocycles. The molecule has 0 spiro atoms. The molecule has 0 radical (unpaired) electrons. The lowest BCUT2D eigenvalue weighted by atomic mass is 9.88. The fourth-order valence-corrected chi connectivity index (χ4v) is 3.12. The predicted octanol–water partition coefficient (Wildman–Crippen LogP) is 6.66. The van der Waals surface area contributed by atoms with Crippen LogP contribution in [-0.4, -0.2) is 4.98 Å². The Kier molecular flexibility index (Phi) is 5.80. The second-order valence-corrected chi connectivity index (χ2v) is 6.69. The molecule has 0 unspecified atom stereocenters. The third-order valence-electron chi connectivity index (χ3n) is 4.32. The van der Waals surface area contributed by atoms with Crippen molar-refractivity contribution in [3.8, 4) is 0 Å². The van der Waals surface area contributed by atoms with Gasteiger partial charge in [0, 0.05) is 17.8 Å². The van der Waals surface area contributed by atoms with Crippen molar-refractivity contribution in [3.63, 3.8) is 0 Å². The molecule has 0 bridgehead atoms. The van der Waals surface area contributed by atoms with Crippen molar-refractivity contribution >= 4 is 11.6 Å². The SMILES string of the molecule is Fc1cc([C@H](CCc2ccccc2)c2ccc(Cl)cn2)cc(C(F)(F)F)c1. The van der Waals surface area contributed by atoms with Crippen LogP contribution in [0.2, 0.25) is 5.02 Å². The van der Waals surface area contributed by atoms with E-state index >= 15 is 0 Å². The Bertz CT molecular complexity index is 892. The second-order valence-electron chi connectivity index (χ2n) is 6.25. The summed E-state index contributed by atoms with van der Waals surface area (Å²) in [7, 11) is 0. The van der Waals surface area contributed by atoms with E-state index in [1.165, 1.54) is 6.20 Å². The van der Waals surface area contributed by atoms with Gasteiger partial charge < -0.3 is 0 Å². The summed E-state index contributed by atoms with van der Waals surface area (Å²) in [5.74, 6) is -1.40. The van der Waals surface area contributed by atoms with Crippen LogP contribution in [0.4, 0.5) is 17.6 Å². The maximum atomic E-state index is 13.9. The summed E-state index contributed by atoms with van der Waals surface area (Å²) in [4.78, 5) is 4.25. The maximum Gasteiger partial charge on any atom is 0.416 e. The average molecular weight is 394 g/mol. The Hall–Kier alpha value is -2.40. The zero-order valence-corrected chi connectivity index (χ0v) is 14.9. The summed E-state index contributed by atoms with van der Waals surface area (Å²) in [5.41, 5.74) is 0.835. The fraction of sp³-hybridized carbons (Fsp3) is 0.190. The number of aryl methyl sites for hydroxylation is 1. The van der Waals surface area contributed by atoms with E-state index in [1.54, 1.807) is 12.1 Å². The zero-order chi connectivity index (χ0) is 19.4. The van der Waals surface area contributed by atoms with Crippen LogP contribution in [0.25, 0.3) is 0 Å². The minimum absolute atomic E-state index is 0.244. The Labute approximate surface area is 159 Å². The first kappa shape index (κ1) is 19.4. The largest absolute Gasteiger partial charge is 0.416 e. The molecule has 6 heteroatoms. The molecule has 0 saturated heterocycles. The van der Waals surface area contributed by atoms with Crippen molar-refractivity contribution in [1.82, 2.24) is 4.98 Å². The molecule has 140 valence electrons. The standard InChI is InChI=1S/C21H16ClF4N/c22-17-7-9-20(27-13-17)19(8-6-14-4-2-1-3-5-14)15-10-16(21(24,25)26)12-18(23)11-15/h1-5,7,9-13,19H,6,8H2/t19-/m0/s1. The Morgan fingerprint density at radius 1 is 0.963 bits per heavy atom. The smallest absolute Gasteiger partial charge is 0.259 e. The molecular formula is C21H16ClF4N. The van der Waals surface area contributed by atoms with Crippen LogP contribution in [-0.2, 0) is 12.6 Å². The molecule has 0 N–H and O–H groups in total. The van der Waals surface area contributed by atoms with E-state index in [0.29, 0.717) is 29.6 Å². The number of nitrogens with zero attached hydrogens (tertiary/aromatic N) is 1. The highest BCUT2D eigenvalue weighted by atomic mass is 35.5. The quantitative estimate of drug-likeness (QED) is 0.442. The van der Waals surface area contributed by atoms with E-state index in [0.717, 1.165) is 17.7 Å². The first-order chi connectivity index (χ1) is 12.8. The molecule has 27 heavy (non-hydrogen) atoms. The Morgan fingerprint density at radius 2 is 1.70 bits per heavy atom. The number of alkyl halides is 3. The maximum absolute atomic E-state index is 13.9. The van der Waals surface area contributed by atoms with Crippen LogP contribution in [0.1, 0.15) is 34.7 Å². The molecule has 1 nitrogen and oxygen atoms in total. The van der Waals surface area contributed by atoms with Crippen LogP contribution in [0.3, 0.4) is 0 Å². The molecule has 1 atom stereocenters. The molecule has 2 aromatic carbocycles. The number of hydrogen-bond acceptors (Lipinski definition) is 1. The summed E-state index contributed by atoms with van der Waals surface area (Å²) in [6.45, 7) is 0. The molecule has 1 heterocycles. The van der Waals surface area contributed by atoms with Gasteiger partial charge in [-0.1, -0.05) is 41.9 Å². The summed E-state index contributed by atoms with van der Waals surface area (Å²) < 4.78 is 53.3. The molecule has 0 amide bonds. The lowest BCUT2D eigenvalue weighted by Crippen LogP contribution is -2.10. The highest BCUT2D eigenvalue weighted by Gasteiger charge is 2.32. The van der Waals surface area contributed by atoms with Crippen molar-refractivity contribution in [3.05, 3.63) is 100 Å². The van der Waals surface area contributed by atoms with Gasteiger partial charge in [-0.3, -0.25) is 4.98 Å². The van der Waals surface area contributed by atoms with Crippen LogP contribution >= 0.6 is 11.6 Å². The van der Waals surface area contributed by atoms with Gasteiger partial charge in [-0.05, 0) is 54.3 Å². The van der Waals surface area contributed by atoms with Gasteiger partial charge in [0.25, 0.3) is 0 Å². The van der Waals surface area contributed by atoms with Crippen LogP contribution < -0.4 is 0 Å². The minimum atomic E-state index is -4.62. The van der Waals surface area contributed by atoms with Gasteiger partial charge in [0.2, 0.25) is 0 Å². The normalized spacial score (nSPS) is 12.8. The van der Waals surface area contributed by atoms with E-state index in [-0.39, 0.29) is 5.56 Å². The molecule has 0 aliphatic rings. The second kappa shape index (κ2) is 8.09. The van der Waals surface area contributed by atoms with Gasteiger partial charge >= 0.3 is 6.18 Å². The Balaban J connectivity index is 1.99. The summed E-state index contributed by atoms with van der Waals surface area (Å²) in [5, 5.41) is 0.427. The van der Waals surface area contributed by atoms with Crippen molar-refractivity contribution in [1.29, 1.82) is 0 Å². The zero-order valence-electron chi connectivity index (χ0n) is 14.2. The van der Waals surface area contributed by atoms with Crippen molar-refractivity contribution < 1.29 is 17.6 Å². The average Bonchev–Trinajstić information content (AvgIpc) is 2.63. The molecule has 0 saturated carbocycles. The topological polar surface area (TPSA) is 12.9 Å². The lowest BCUT2D eigenvalue weighted by Gasteiger charge is -2.19. The van der Waals surface area contributed by atoms with Gasteiger partial charge in [0.15, 0.2) is 0 Å². The summed E-state index contributed by atoms with van der Waals surface area (Å²) >= 11 is 5.87. The summed E-state index contributed by atoms with van der Waals surface area (Å²) in [6, 6.07) is 15.5. The molecule has 3 aromatic rings. The molecule has 1 aromatic heterocycles. The number of hydrogen-bond donors (Lipinski definition) is 0. The number of halogens is 5. The van der Waals surface area contributed by atoms with Crippen LogP contribution in [0.15, 0.2) is 66.9 Å². The predicted molar refractivity (Wildman–Crippen MR) is 97.3 cm³/mol. The van der Waals surface area contributed by atoms with Gasteiger partial charge in [-0.15, -0.1) is 0 Å². The number of pyridine rings is 1. The van der Waals surface area contributed by atoms with Crippen LogP contribution in [0.5, 0.6) is 0 Å². The lowest BCUT2D eigenvalue weighted by molar-refractivity contribution is -0.137. The molecule has 0 fully saturated rings. The fourth-order valence-electron chi connectivity index (χ4n) is 3.01. The number of benzene rings is 2. The van der Waals surface area contributed by atoms with E-state index in [4.69, 9.17) is 11.6 Å². The van der Waals surface area contributed by atoms with Crippen molar-refractivity contribution in [2.45, 2.75) is 24.9 Å². The van der Waals surface area contributed by atoms with E-state index in [9.17, 15) is 17.6 Å². The third kappa shape index (κ3) is 5.07.